The molecule has 0 aliphatic carbocycles. The summed E-state index contributed by atoms with van der Waals surface area (Å²) >= 11 is 1.33. The SMILES string of the molecule is CC(C)c1nnc(NC(=O)c2ccc(-c3ccc(F)cc3)o2)s1. The van der Waals surface area contributed by atoms with Gasteiger partial charge in [0.2, 0.25) is 5.13 Å². The van der Waals surface area contributed by atoms with Crippen molar-refractivity contribution in [3.05, 3.63) is 53.0 Å². The lowest BCUT2D eigenvalue weighted by atomic mass is 10.2. The summed E-state index contributed by atoms with van der Waals surface area (Å²) in [6, 6.07) is 9.10. The highest BCUT2D eigenvalue weighted by atomic mass is 32.1. The topological polar surface area (TPSA) is 68.0 Å². The van der Waals surface area contributed by atoms with Crippen LogP contribution >= 0.6 is 11.3 Å². The minimum atomic E-state index is -0.398. The Bertz CT molecular complexity index is 824. The van der Waals surface area contributed by atoms with Crippen LogP contribution in [0, 0.1) is 5.82 Å². The van der Waals surface area contributed by atoms with Gasteiger partial charge >= 0.3 is 0 Å². The number of carbonyl (C=O) groups excluding carboxylic acids is 1. The first-order valence-corrected chi connectivity index (χ1v) is 7.85. The first-order valence-electron chi connectivity index (χ1n) is 7.03. The molecule has 0 aliphatic heterocycles. The molecule has 3 aromatic rings. The summed E-state index contributed by atoms with van der Waals surface area (Å²) in [5.41, 5.74) is 0.698. The largest absolute Gasteiger partial charge is 0.451 e. The number of carbonyl (C=O) groups is 1. The van der Waals surface area contributed by atoms with E-state index in [1.54, 1.807) is 24.3 Å². The lowest BCUT2D eigenvalue weighted by molar-refractivity contribution is 0.0997. The molecule has 5 nitrogen and oxygen atoms in total. The molecule has 1 amide bonds. The number of hydrogen-bond acceptors (Lipinski definition) is 5. The number of halogens is 1. The van der Waals surface area contributed by atoms with Crippen LogP contribution in [0.2, 0.25) is 0 Å². The fourth-order valence-electron chi connectivity index (χ4n) is 1.91. The van der Waals surface area contributed by atoms with E-state index in [-0.39, 0.29) is 17.5 Å². The Labute approximate surface area is 136 Å². The van der Waals surface area contributed by atoms with Crippen molar-refractivity contribution in [2.75, 3.05) is 5.32 Å². The maximum atomic E-state index is 12.9. The van der Waals surface area contributed by atoms with E-state index in [0.29, 0.717) is 16.5 Å². The Morgan fingerprint density at radius 2 is 1.91 bits per heavy atom. The molecule has 7 heteroatoms. The number of rotatable bonds is 4. The molecule has 0 aliphatic rings. The van der Waals surface area contributed by atoms with Crippen LogP contribution in [0.5, 0.6) is 0 Å². The Morgan fingerprint density at radius 3 is 2.57 bits per heavy atom. The zero-order chi connectivity index (χ0) is 16.4. The van der Waals surface area contributed by atoms with Crippen molar-refractivity contribution in [1.82, 2.24) is 10.2 Å². The molecule has 1 aromatic carbocycles. The smallest absolute Gasteiger partial charge is 0.293 e. The molecule has 0 bridgehead atoms. The van der Waals surface area contributed by atoms with Crippen molar-refractivity contribution < 1.29 is 13.6 Å². The second kappa shape index (κ2) is 6.29. The summed E-state index contributed by atoms with van der Waals surface area (Å²) in [5.74, 6) is 0.188. The Hall–Kier alpha value is -2.54. The number of furan rings is 1. The van der Waals surface area contributed by atoms with Crippen LogP contribution in [0.4, 0.5) is 9.52 Å². The van der Waals surface area contributed by atoms with Gasteiger partial charge in [-0.25, -0.2) is 4.39 Å². The minimum absolute atomic E-state index is 0.158. The van der Waals surface area contributed by atoms with Crippen LogP contribution in [0.1, 0.15) is 35.3 Å². The number of amides is 1. The van der Waals surface area contributed by atoms with E-state index in [2.05, 4.69) is 15.5 Å². The van der Waals surface area contributed by atoms with Gasteiger partial charge in [-0.2, -0.15) is 0 Å². The summed E-state index contributed by atoms with van der Waals surface area (Å²) in [5, 5.41) is 11.9. The summed E-state index contributed by atoms with van der Waals surface area (Å²) in [6.45, 7) is 4.02. The highest BCUT2D eigenvalue weighted by molar-refractivity contribution is 7.15. The van der Waals surface area contributed by atoms with E-state index in [4.69, 9.17) is 4.42 Å². The molecule has 0 atom stereocenters. The number of hydrogen-bond donors (Lipinski definition) is 1. The molecule has 0 unspecified atom stereocenters. The number of nitrogens with one attached hydrogen (secondary N) is 1. The molecule has 2 aromatic heterocycles. The quantitative estimate of drug-likeness (QED) is 0.773. The molecule has 3 rings (SSSR count). The summed E-state index contributed by atoms with van der Waals surface area (Å²) in [7, 11) is 0. The average molecular weight is 331 g/mol. The Balaban J connectivity index is 1.74. The number of aromatic nitrogens is 2. The van der Waals surface area contributed by atoms with Crippen LogP contribution in [0.3, 0.4) is 0 Å². The fraction of sp³-hybridized carbons (Fsp3) is 0.188. The van der Waals surface area contributed by atoms with Crippen LogP contribution in [0.25, 0.3) is 11.3 Å². The number of benzene rings is 1. The van der Waals surface area contributed by atoms with Gasteiger partial charge in [0.15, 0.2) is 5.76 Å². The van der Waals surface area contributed by atoms with Crippen LogP contribution < -0.4 is 5.32 Å². The first-order chi connectivity index (χ1) is 11.0. The minimum Gasteiger partial charge on any atom is -0.451 e. The van der Waals surface area contributed by atoms with E-state index in [0.717, 1.165) is 5.01 Å². The van der Waals surface area contributed by atoms with E-state index < -0.39 is 5.91 Å². The highest BCUT2D eigenvalue weighted by Gasteiger charge is 2.15. The molecule has 23 heavy (non-hydrogen) atoms. The summed E-state index contributed by atoms with van der Waals surface area (Å²) in [6.07, 6.45) is 0. The third-order valence-corrected chi connectivity index (χ3v) is 4.25. The zero-order valence-corrected chi connectivity index (χ0v) is 13.4. The maximum absolute atomic E-state index is 12.9. The van der Waals surface area contributed by atoms with Crippen molar-refractivity contribution in [3.63, 3.8) is 0 Å². The van der Waals surface area contributed by atoms with Gasteiger partial charge in [-0.05, 0) is 36.4 Å². The van der Waals surface area contributed by atoms with Gasteiger partial charge in [-0.3, -0.25) is 10.1 Å². The lowest BCUT2D eigenvalue weighted by Gasteiger charge is -1.99. The van der Waals surface area contributed by atoms with Crippen molar-refractivity contribution in [2.24, 2.45) is 0 Å². The molecule has 118 valence electrons. The van der Waals surface area contributed by atoms with E-state index >= 15 is 0 Å². The third-order valence-electron chi connectivity index (χ3n) is 3.11. The average Bonchev–Trinajstić information content (AvgIpc) is 3.17. The monoisotopic (exact) mass is 331 g/mol. The molecule has 0 saturated carbocycles. The van der Waals surface area contributed by atoms with Crippen molar-refractivity contribution in [2.45, 2.75) is 19.8 Å². The van der Waals surface area contributed by atoms with Crippen molar-refractivity contribution >= 4 is 22.4 Å². The molecule has 0 radical (unpaired) electrons. The molecule has 1 N–H and O–H groups in total. The first kappa shape index (κ1) is 15.4. The lowest BCUT2D eigenvalue weighted by Crippen LogP contribution is -2.10. The van der Waals surface area contributed by atoms with Gasteiger partial charge in [0.1, 0.15) is 16.6 Å². The number of nitrogens with zero attached hydrogens (tertiary/aromatic N) is 2. The molecular formula is C16H14FN3O2S. The Kier molecular flexibility index (Phi) is 4.20. The van der Waals surface area contributed by atoms with Crippen LogP contribution in [-0.4, -0.2) is 16.1 Å². The molecule has 0 saturated heterocycles. The third kappa shape index (κ3) is 3.45. The number of anilines is 1. The van der Waals surface area contributed by atoms with Gasteiger partial charge in [0.25, 0.3) is 5.91 Å². The van der Waals surface area contributed by atoms with E-state index in [1.807, 2.05) is 13.8 Å². The molecule has 0 spiro atoms. The van der Waals surface area contributed by atoms with Crippen LogP contribution in [0.15, 0.2) is 40.8 Å². The van der Waals surface area contributed by atoms with Gasteiger partial charge in [0.05, 0.1) is 0 Å². The highest BCUT2D eigenvalue weighted by Crippen LogP contribution is 2.25. The van der Waals surface area contributed by atoms with Gasteiger partial charge in [-0.1, -0.05) is 25.2 Å². The predicted octanol–water partition coefficient (Wildman–Crippen LogP) is 4.31. The second-order valence-corrected chi connectivity index (χ2v) is 6.23. The summed E-state index contributed by atoms with van der Waals surface area (Å²) < 4.78 is 18.5. The van der Waals surface area contributed by atoms with E-state index in [9.17, 15) is 9.18 Å². The standard InChI is InChI=1S/C16H14FN3O2S/c1-9(2)15-19-20-16(23-15)18-14(21)13-8-7-12(22-13)10-3-5-11(17)6-4-10/h3-9H,1-2H3,(H,18,20,21). The van der Waals surface area contributed by atoms with Gasteiger partial charge in [0, 0.05) is 11.5 Å². The normalized spacial score (nSPS) is 11.0. The van der Waals surface area contributed by atoms with Crippen molar-refractivity contribution in [1.29, 1.82) is 0 Å². The van der Waals surface area contributed by atoms with E-state index in [1.165, 1.54) is 23.5 Å². The zero-order valence-electron chi connectivity index (χ0n) is 12.5. The molecule has 2 heterocycles. The van der Waals surface area contributed by atoms with Gasteiger partial charge < -0.3 is 4.42 Å². The Morgan fingerprint density at radius 1 is 1.17 bits per heavy atom. The maximum Gasteiger partial charge on any atom is 0.293 e. The van der Waals surface area contributed by atoms with Gasteiger partial charge in [-0.15, -0.1) is 10.2 Å². The van der Waals surface area contributed by atoms with Crippen molar-refractivity contribution in [3.8, 4) is 11.3 Å². The fourth-order valence-corrected chi connectivity index (χ4v) is 2.65. The molecule has 0 fully saturated rings. The summed E-state index contributed by atoms with van der Waals surface area (Å²) in [4.78, 5) is 12.2. The predicted molar refractivity (Wildman–Crippen MR) is 86.1 cm³/mol. The van der Waals surface area contributed by atoms with Crippen LogP contribution in [-0.2, 0) is 0 Å². The second-order valence-electron chi connectivity index (χ2n) is 5.23. The molecular weight excluding hydrogens is 317 g/mol.